The number of fused-ring (bicyclic) bond motifs is 1. The third-order valence-corrected chi connectivity index (χ3v) is 4.34. The molecule has 2 amide bonds. The van der Waals surface area contributed by atoms with Crippen LogP contribution in [0.4, 0.5) is 5.69 Å². The van der Waals surface area contributed by atoms with E-state index in [0.29, 0.717) is 16.5 Å². The van der Waals surface area contributed by atoms with Gasteiger partial charge in [-0.3, -0.25) is 14.5 Å². The monoisotopic (exact) mass is 358 g/mol. The van der Waals surface area contributed by atoms with Crippen molar-refractivity contribution in [3.8, 4) is 5.75 Å². The Morgan fingerprint density at radius 2 is 2.04 bits per heavy atom. The second kappa shape index (κ2) is 7.15. The molecule has 0 radical (unpaired) electrons. The molecule has 0 fully saturated rings. The van der Waals surface area contributed by atoms with Gasteiger partial charge in [-0.15, -0.1) is 0 Å². The molecular formula is C19H19ClN2O3. The number of nitrogens with zero attached hydrogens (tertiary/aromatic N) is 1. The van der Waals surface area contributed by atoms with E-state index in [9.17, 15) is 9.59 Å². The highest BCUT2D eigenvalue weighted by Gasteiger charge is 2.32. The number of halogens is 1. The molecule has 0 aliphatic carbocycles. The Kier molecular flexibility index (Phi) is 4.95. The summed E-state index contributed by atoms with van der Waals surface area (Å²) in [5.74, 6) is 0.124. The Morgan fingerprint density at radius 1 is 1.28 bits per heavy atom. The molecular weight excluding hydrogens is 340 g/mol. The Morgan fingerprint density at radius 3 is 2.80 bits per heavy atom. The number of ether oxygens (including phenoxy) is 1. The highest BCUT2D eigenvalue weighted by molar-refractivity contribution is 6.30. The molecule has 1 N–H and O–H groups in total. The number of nitrogens with one attached hydrogen (secondary N) is 1. The van der Waals surface area contributed by atoms with Crippen LogP contribution in [-0.2, 0) is 9.59 Å². The second-order valence-corrected chi connectivity index (χ2v) is 6.43. The lowest BCUT2D eigenvalue weighted by Crippen LogP contribution is -2.49. The van der Waals surface area contributed by atoms with Crippen LogP contribution in [0, 0.1) is 0 Å². The van der Waals surface area contributed by atoms with E-state index in [1.165, 1.54) is 4.90 Å². The summed E-state index contributed by atoms with van der Waals surface area (Å²) in [7, 11) is 0. The van der Waals surface area contributed by atoms with E-state index < -0.39 is 6.10 Å². The van der Waals surface area contributed by atoms with Crippen molar-refractivity contribution >= 4 is 29.1 Å². The Balaban J connectivity index is 1.73. The average molecular weight is 359 g/mol. The standard InChI is InChI=1S/C19H19ClN2O3/c1-12(14-6-5-7-15(20)10-14)21-18(23)11-22-16-8-3-4-9-17(16)25-13(2)19(22)24/h3-10,12-13H,11H2,1-2H3,(H,21,23). The molecule has 130 valence electrons. The van der Waals surface area contributed by atoms with Crippen molar-refractivity contribution in [1.82, 2.24) is 5.32 Å². The van der Waals surface area contributed by atoms with E-state index in [0.717, 1.165) is 5.56 Å². The zero-order valence-electron chi connectivity index (χ0n) is 14.0. The number of carbonyl (C=O) groups is 2. The van der Waals surface area contributed by atoms with Gasteiger partial charge in [0, 0.05) is 5.02 Å². The first-order valence-electron chi connectivity index (χ1n) is 8.07. The van der Waals surface area contributed by atoms with Gasteiger partial charge in [-0.1, -0.05) is 35.9 Å². The van der Waals surface area contributed by atoms with Crippen LogP contribution in [0.1, 0.15) is 25.5 Å². The topological polar surface area (TPSA) is 58.6 Å². The lowest BCUT2D eigenvalue weighted by Gasteiger charge is -2.32. The van der Waals surface area contributed by atoms with Crippen molar-refractivity contribution in [1.29, 1.82) is 0 Å². The SMILES string of the molecule is CC1Oc2ccccc2N(CC(=O)NC(C)c2cccc(Cl)c2)C1=O. The summed E-state index contributed by atoms with van der Waals surface area (Å²) in [6, 6.07) is 14.3. The molecule has 1 aliphatic rings. The largest absolute Gasteiger partial charge is 0.479 e. The second-order valence-electron chi connectivity index (χ2n) is 6.00. The van der Waals surface area contributed by atoms with Crippen LogP contribution >= 0.6 is 11.6 Å². The maximum absolute atomic E-state index is 12.5. The van der Waals surface area contributed by atoms with Gasteiger partial charge in [0.05, 0.1) is 11.7 Å². The molecule has 0 saturated heterocycles. The molecule has 0 saturated carbocycles. The fourth-order valence-electron chi connectivity index (χ4n) is 2.81. The van der Waals surface area contributed by atoms with Crippen LogP contribution in [-0.4, -0.2) is 24.5 Å². The minimum Gasteiger partial charge on any atom is -0.479 e. The Labute approximate surface area is 151 Å². The number of amides is 2. The van der Waals surface area contributed by atoms with Gasteiger partial charge in [0.15, 0.2) is 6.10 Å². The highest BCUT2D eigenvalue weighted by atomic mass is 35.5. The zero-order chi connectivity index (χ0) is 18.0. The number of para-hydroxylation sites is 2. The smallest absolute Gasteiger partial charge is 0.268 e. The molecule has 25 heavy (non-hydrogen) atoms. The maximum Gasteiger partial charge on any atom is 0.268 e. The first-order chi connectivity index (χ1) is 12.0. The summed E-state index contributed by atoms with van der Waals surface area (Å²) in [5.41, 5.74) is 1.51. The van der Waals surface area contributed by atoms with E-state index in [1.54, 1.807) is 25.1 Å². The van der Waals surface area contributed by atoms with Gasteiger partial charge in [0.25, 0.3) is 5.91 Å². The summed E-state index contributed by atoms with van der Waals surface area (Å²) < 4.78 is 5.58. The lowest BCUT2D eigenvalue weighted by atomic mass is 10.1. The predicted molar refractivity (Wildman–Crippen MR) is 96.9 cm³/mol. The molecule has 0 bridgehead atoms. The van der Waals surface area contributed by atoms with Crippen molar-refractivity contribution in [3.63, 3.8) is 0 Å². The minimum absolute atomic E-state index is 0.0611. The van der Waals surface area contributed by atoms with Gasteiger partial charge in [0.2, 0.25) is 5.91 Å². The molecule has 2 aromatic carbocycles. The third kappa shape index (κ3) is 3.77. The van der Waals surface area contributed by atoms with E-state index in [1.807, 2.05) is 37.3 Å². The fourth-order valence-corrected chi connectivity index (χ4v) is 3.01. The Hall–Kier alpha value is -2.53. The van der Waals surface area contributed by atoms with E-state index in [4.69, 9.17) is 16.3 Å². The molecule has 2 aromatic rings. The molecule has 6 heteroatoms. The number of rotatable bonds is 4. The summed E-state index contributed by atoms with van der Waals surface area (Å²) in [4.78, 5) is 26.4. The molecule has 2 atom stereocenters. The van der Waals surface area contributed by atoms with Gasteiger partial charge < -0.3 is 10.1 Å². The van der Waals surface area contributed by atoms with Crippen LogP contribution in [0.5, 0.6) is 5.75 Å². The molecule has 5 nitrogen and oxygen atoms in total. The fraction of sp³-hybridized carbons (Fsp3) is 0.263. The van der Waals surface area contributed by atoms with Gasteiger partial charge in [-0.05, 0) is 43.7 Å². The Bertz CT molecular complexity index is 809. The first-order valence-corrected chi connectivity index (χ1v) is 8.45. The van der Waals surface area contributed by atoms with Gasteiger partial charge in [0.1, 0.15) is 12.3 Å². The van der Waals surface area contributed by atoms with Crippen LogP contribution in [0.2, 0.25) is 5.02 Å². The number of hydrogen-bond acceptors (Lipinski definition) is 3. The normalized spacial score (nSPS) is 17.5. The van der Waals surface area contributed by atoms with Crippen molar-refractivity contribution < 1.29 is 14.3 Å². The number of benzene rings is 2. The van der Waals surface area contributed by atoms with Gasteiger partial charge >= 0.3 is 0 Å². The van der Waals surface area contributed by atoms with Crippen molar-refractivity contribution in [2.45, 2.75) is 26.0 Å². The van der Waals surface area contributed by atoms with Crippen molar-refractivity contribution in [3.05, 3.63) is 59.1 Å². The molecule has 1 aliphatic heterocycles. The van der Waals surface area contributed by atoms with E-state index in [2.05, 4.69) is 5.32 Å². The summed E-state index contributed by atoms with van der Waals surface area (Å²) in [5, 5.41) is 3.52. The average Bonchev–Trinajstić information content (AvgIpc) is 2.59. The number of carbonyl (C=O) groups excluding carboxylic acids is 2. The first kappa shape index (κ1) is 17.3. The molecule has 0 aromatic heterocycles. The van der Waals surface area contributed by atoms with Crippen molar-refractivity contribution in [2.75, 3.05) is 11.4 Å². The molecule has 1 heterocycles. The van der Waals surface area contributed by atoms with E-state index in [-0.39, 0.29) is 24.4 Å². The zero-order valence-corrected chi connectivity index (χ0v) is 14.8. The summed E-state index contributed by atoms with van der Waals surface area (Å²) in [6.45, 7) is 3.49. The quantitative estimate of drug-likeness (QED) is 0.912. The molecule has 2 unspecified atom stereocenters. The van der Waals surface area contributed by atoms with Crippen LogP contribution in [0.15, 0.2) is 48.5 Å². The number of anilines is 1. The van der Waals surface area contributed by atoms with Crippen LogP contribution in [0.3, 0.4) is 0 Å². The molecule has 0 spiro atoms. The predicted octanol–water partition coefficient (Wildman–Crippen LogP) is 3.33. The third-order valence-electron chi connectivity index (χ3n) is 4.10. The molecule has 3 rings (SSSR count). The highest BCUT2D eigenvalue weighted by Crippen LogP contribution is 2.33. The van der Waals surface area contributed by atoms with Crippen LogP contribution < -0.4 is 15.0 Å². The summed E-state index contributed by atoms with van der Waals surface area (Å²) in [6.07, 6.45) is -0.618. The van der Waals surface area contributed by atoms with Crippen molar-refractivity contribution in [2.24, 2.45) is 0 Å². The summed E-state index contributed by atoms with van der Waals surface area (Å²) >= 11 is 5.99. The van der Waals surface area contributed by atoms with Gasteiger partial charge in [-0.2, -0.15) is 0 Å². The van der Waals surface area contributed by atoms with E-state index >= 15 is 0 Å². The lowest BCUT2D eigenvalue weighted by molar-refractivity contribution is -0.128. The maximum atomic E-state index is 12.5. The minimum atomic E-state index is -0.618. The van der Waals surface area contributed by atoms with Gasteiger partial charge in [-0.25, -0.2) is 0 Å². The number of hydrogen-bond donors (Lipinski definition) is 1. The van der Waals surface area contributed by atoms with Crippen LogP contribution in [0.25, 0.3) is 0 Å².